The summed E-state index contributed by atoms with van der Waals surface area (Å²) in [6.07, 6.45) is 0. The van der Waals surface area contributed by atoms with Crippen LogP contribution in [0, 0.1) is 6.92 Å². The third-order valence-corrected chi connectivity index (χ3v) is 4.10. The van der Waals surface area contributed by atoms with Gasteiger partial charge in [-0.1, -0.05) is 40.9 Å². The molecule has 0 saturated carbocycles. The number of aromatic nitrogens is 1. The molecule has 0 saturated heterocycles. The Hall–Kier alpha value is -1.49. The Morgan fingerprint density at radius 2 is 1.90 bits per heavy atom. The van der Waals surface area contributed by atoms with Gasteiger partial charge in [-0.3, -0.25) is 0 Å². The van der Waals surface area contributed by atoms with Crippen LogP contribution < -0.4 is 5.73 Å². The first-order chi connectivity index (χ1) is 9.32. The van der Waals surface area contributed by atoms with E-state index >= 15 is 0 Å². The number of carbonyl (C=O) groups is 1. The molecule has 0 spiro atoms. The lowest BCUT2D eigenvalue weighted by atomic mass is 10.0. The molecule has 4 nitrogen and oxygen atoms in total. The van der Waals surface area contributed by atoms with Crippen molar-refractivity contribution in [3.05, 3.63) is 44.5 Å². The highest BCUT2D eigenvalue weighted by molar-refractivity contribution is 6.42. The summed E-state index contributed by atoms with van der Waals surface area (Å²) in [5.41, 5.74) is 7.26. The molecule has 1 aromatic heterocycles. The van der Waals surface area contributed by atoms with E-state index < -0.39 is 5.97 Å². The Bertz CT molecular complexity index is 717. The van der Waals surface area contributed by atoms with Gasteiger partial charge in [-0.15, -0.1) is 0 Å². The largest absolute Gasteiger partial charge is 0.476 e. The fraction of sp³-hybridized carbons (Fsp3) is 0.0769. The van der Waals surface area contributed by atoms with Crippen molar-refractivity contribution in [2.45, 2.75) is 6.92 Å². The first kappa shape index (κ1) is 14.9. The van der Waals surface area contributed by atoms with Crippen molar-refractivity contribution in [2.24, 2.45) is 0 Å². The Balaban J connectivity index is 2.71. The number of nitrogens with two attached hydrogens (primary N) is 1. The average molecular weight is 332 g/mol. The zero-order chi connectivity index (χ0) is 15.0. The van der Waals surface area contributed by atoms with Crippen molar-refractivity contribution in [3.63, 3.8) is 0 Å². The van der Waals surface area contributed by atoms with E-state index in [4.69, 9.17) is 45.6 Å². The van der Waals surface area contributed by atoms with Crippen molar-refractivity contribution in [1.82, 2.24) is 4.98 Å². The zero-order valence-corrected chi connectivity index (χ0v) is 12.5. The van der Waals surface area contributed by atoms with Crippen molar-refractivity contribution < 1.29 is 9.90 Å². The number of hydrogen-bond donors (Lipinski definition) is 2. The molecule has 2 rings (SSSR count). The molecular formula is C13H9Cl3N2O2. The molecule has 20 heavy (non-hydrogen) atoms. The molecule has 1 heterocycles. The first-order valence-electron chi connectivity index (χ1n) is 5.47. The van der Waals surface area contributed by atoms with Crippen LogP contribution in [0.25, 0.3) is 11.3 Å². The van der Waals surface area contributed by atoms with Crippen LogP contribution in [-0.2, 0) is 0 Å². The van der Waals surface area contributed by atoms with Crippen molar-refractivity contribution in [3.8, 4) is 11.3 Å². The van der Waals surface area contributed by atoms with Gasteiger partial charge in [0.25, 0.3) is 0 Å². The number of halogens is 3. The van der Waals surface area contributed by atoms with E-state index in [9.17, 15) is 4.79 Å². The van der Waals surface area contributed by atoms with Crippen LogP contribution in [0.4, 0.5) is 5.69 Å². The molecular weight excluding hydrogens is 323 g/mol. The molecule has 0 aliphatic rings. The monoisotopic (exact) mass is 330 g/mol. The number of pyridine rings is 1. The maximum atomic E-state index is 11.1. The maximum absolute atomic E-state index is 11.1. The Morgan fingerprint density at radius 3 is 2.50 bits per heavy atom. The summed E-state index contributed by atoms with van der Waals surface area (Å²) >= 11 is 17.8. The van der Waals surface area contributed by atoms with Crippen LogP contribution in [0.2, 0.25) is 15.1 Å². The summed E-state index contributed by atoms with van der Waals surface area (Å²) in [4.78, 5) is 15.1. The smallest absolute Gasteiger partial charge is 0.356 e. The highest BCUT2D eigenvalue weighted by Gasteiger charge is 2.17. The number of nitrogens with zero attached hydrogens (tertiary/aromatic N) is 1. The van der Waals surface area contributed by atoms with Crippen molar-refractivity contribution in [2.75, 3.05) is 5.73 Å². The van der Waals surface area contributed by atoms with E-state index in [2.05, 4.69) is 4.98 Å². The normalized spacial score (nSPS) is 10.6. The van der Waals surface area contributed by atoms with Gasteiger partial charge in [-0.25, -0.2) is 9.78 Å². The highest BCUT2D eigenvalue weighted by atomic mass is 35.5. The Labute approximate surface area is 130 Å². The van der Waals surface area contributed by atoms with E-state index in [0.29, 0.717) is 26.9 Å². The van der Waals surface area contributed by atoms with Gasteiger partial charge in [0.2, 0.25) is 0 Å². The second kappa shape index (κ2) is 5.48. The number of anilines is 1. The van der Waals surface area contributed by atoms with Gasteiger partial charge in [0, 0.05) is 5.56 Å². The molecule has 0 aliphatic heterocycles. The molecule has 104 valence electrons. The van der Waals surface area contributed by atoms with Crippen molar-refractivity contribution >= 4 is 46.5 Å². The van der Waals surface area contributed by atoms with Gasteiger partial charge in [0.05, 0.1) is 26.4 Å². The minimum Gasteiger partial charge on any atom is -0.476 e. The van der Waals surface area contributed by atoms with Crippen LogP contribution in [0.15, 0.2) is 18.2 Å². The van der Waals surface area contributed by atoms with Crippen LogP contribution in [0.3, 0.4) is 0 Å². The predicted molar refractivity (Wildman–Crippen MR) is 80.8 cm³/mol. The van der Waals surface area contributed by atoms with E-state index in [0.717, 1.165) is 0 Å². The summed E-state index contributed by atoms with van der Waals surface area (Å²) < 4.78 is 0. The van der Waals surface area contributed by atoms with Gasteiger partial charge in [0.15, 0.2) is 5.69 Å². The fourth-order valence-electron chi connectivity index (χ4n) is 1.76. The van der Waals surface area contributed by atoms with Gasteiger partial charge >= 0.3 is 5.97 Å². The van der Waals surface area contributed by atoms with Crippen LogP contribution in [0.5, 0.6) is 0 Å². The predicted octanol–water partition coefficient (Wildman–Crippen LogP) is 4.30. The standard InChI is InChI=1S/C13H9Cl3N2O2/c1-5-6(2-3-7(14)10(5)15)9-4-8(17)11(16)12(18-9)13(19)20/h2-4H,1H3,(H2,17,18)(H,19,20). The maximum Gasteiger partial charge on any atom is 0.356 e. The molecule has 0 amide bonds. The van der Waals surface area contributed by atoms with Gasteiger partial charge in [-0.05, 0) is 24.6 Å². The molecule has 3 N–H and O–H groups in total. The number of nitrogen functional groups attached to an aromatic ring is 1. The van der Waals surface area contributed by atoms with Crippen LogP contribution in [-0.4, -0.2) is 16.1 Å². The average Bonchev–Trinajstić information content (AvgIpc) is 2.39. The van der Waals surface area contributed by atoms with Gasteiger partial charge in [0.1, 0.15) is 0 Å². The molecule has 0 atom stereocenters. The number of hydrogen-bond acceptors (Lipinski definition) is 3. The SMILES string of the molecule is Cc1c(-c2cc(N)c(Cl)c(C(=O)O)n2)ccc(Cl)c1Cl. The van der Waals surface area contributed by atoms with Crippen LogP contribution in [0.1, 0.15) is 16.1 Å². The van der Waals surface area contributed by atoms with E-state index in [1.165, 1.54) is 6.07 Å². The topological polar surface area (TPSA) is 76.2 Å². The van der Waals surface area contributed by atoms with E-state index in [1.807, 2.05) is 0 Å². The number of benzene rings is 1. The van der Waals surface area contributed by atoms with E-state index in [-0.39, 0.29) is 16.4 Å². The summed E-state index contributed by atoms with van der Waals surface area (Å²) in [6.45, 7) is 1.76. The molecule has 0 unspecified atom stereocenters. The molecule has 0 bridgehead atoms. The van der Waals surface area contributed by atoms with Crippen LogP contribution >= 0.6 is 34.8 Å². The minimum atomic E-state index is -1.25. The lowest BCUT2D eigenvalue weighted by Gasteiger charge is -2.11. The molecule has 7 heteroatoms. The molecule has 0 fully saturated rings. The van der Waals surface area contributed by atoms with E-state index in [1.54, 1.807) is 19.1 Å². The van der Waals surface area contributed by atoms with Gasteiger partial charge in [-0.2, -0.15) is 0 Å². The number of aromatic carboxylic acids is 1. The summed E-state index contributed by atoms with van der Waals surface area (Å²) in [7, 11) is 0. The first-order valence-corrected chi connectivity index (χ1v) is 6.60. The highest BCUT2D eigenvalue weighted by Crippen LogP contribution is 2.35. The number of carboxylic acid groups (broad SMARTS) is 1. The quantitative estimate of drug-likeness (QED) is 0.860. The lowest BCUT2D eigenvalue weighted by Crippen LogP contribution is -2.05. The minimum absolute atomic E-state index is 0.0843. The zero-order valence-electron chi connectivity index (χ0n) is 10.2. The third-order valence-electron chi connectivity index (χ3n) is 2.80. The summed E-state index contributed by atoms with van der Waals surface area (Å²) in [5.74, 6) is -1.25. The number of carboxylic acids is 1. The second-order valence-corrected chi connectivity index (χ2v) is 5.26. The molecule has 0 radical (unpaired) electrons. The molecule has 1 aromatic carbocycles. The number of rotatable bonds is 2. The summed E-state index contributed by atoms with van der Waals surface area (Å²) in [6, 6.07) is 4.81. The third kappa shape index (κ3) is 2.54. The molecule has 0 aliphatic carbocycles. The Kier molecular flexibility index (Phi) is 4.09. The van der Waals surface area contributed by atoms with Crippen molar-refractivity contribution in [1.29, 1.82) is 0 Å². The molecule has 2 aromatic rings. The fourth-order valence-corrected chi connectivity index (χ4v) is 2.31. The lowest BCUT2D eigenvalue weighted by molar-refractivity contribution is 0.0691. The van der Waals surface area contributed by atoms with Gasteiger partial charge < -0.3 is 10.8 Å². The Morgan fingerprint density at radius 1 is 1.25 bits per heavy atom. The summed E-state index contributed by atoms with van der Waals surface area (Å²) in [5, 5.41) is 9.79. The second-order valence-electron chi connectivity index (χ2n) is 4.10.